The van der Waals surface area contributed by atoms with E-state index < -0.39 is 37.6 Å². The molecule has 0 saturated heterocycles. The lowest BCUT2D eigenvalue weighted by molar-refractivity contribution is -0.137. The number of benzene rings is 1. The van der Waals surface area contributed by atoms with Crippen molar-refractivity contribution in [1.82, 2.24) is 20.4 Å². The van der Waals surface area contributed by atoms with Gasteiger partial charge in [-0.1, -0.05) is 44.1 Å². The van der Waals surface area contributed by atoms with Crippen LogP contribution in [-0.2, 0) is 44.6 Å². The smallest absolute Gasteiger partial charge is 0.411 e. The molecule has 16 nitrogen and oxygen atoms in total. The van der Waals surface area contributed by atoms with E-state index in [1.165, 1.54) is 24.0 Å². The molecule has 2 rings (SSSR count). The van der Waals surface area contributed by atoms with Gasteiger partial charge in [0.05, 0.1) is 12.8 Å². The van der Waals surface area contributed by atoms with Crippen LogP contribution in [0.3, 0.4) is 0 Å². The maximum atomic E-state index is 13.0. The summed E-state index contributed by atoms with van der Waals surface area (Å²) in [4.78, 5) is 94.6. The van der Waals surface area contributed by atoms with Gasteiger partial charge >= 0.3 is 13.7 Å². The molecule has 1 heterocycles. The fourth-order valence-electron chi connectivity index (χ4n) is 4.83. The molecule has 0 unspecified atom stereocenters. The Morgan fingerprint density at radius 1 is 0.962 bits per heavy atom. The number of hydrogen-bond donors (Lipinski definition) is 5. The Balaban J connectivity index is 1.74. The van der Waals surface area contributed by atoms with Crippen molar-refractivity contribution >= 4 is 48.9 Å². The molecule has 0 fully saturated rings. The molecule has 0 aromatic heterocycles. The first-order valence-corrected chi connectivity index (χ1v) is 19.0. The lowest BCUT2D eigenvalue weighted by Gasteiger charge is -2.24. The lowest BCUT2D eigenvalue weighted by atomic mass is 10.0. The number of amides is 6. The molecule has 6 amide bonds. The summed E-state index contributed by atoms with van der Waals surface area (Å²) in [6.45, 7) is 9.36. The van der Waals surface area contributed by atoms with E-state index in [0.29, 0.717) is 37.1 Å². The number of allylic oxidation sites excluding steroid dienone is 1. The minimum atomic E-state index is -4.06. The zero-order valence-electron chi connectivity index (χ0n) is 30.5. The highest BCUT2D eigenvalue weighted by molar-refractivity contribution is 7.51. The van der Waals surface area contributed by atoms with Gasteiger partial charge in [-0.25, -0.2) is 4.79 Å². The van der Waals surface area contributed by atoms with Crippen molar-refractivity contribution in [3.63, 3.8) is 0 Å². The van der Waals surface area contributed by atoms with E-state index in [-0.39, 0.29) is 69.1 Å². The third-order valence-electron chi connectivity index (χ3n) is 7.92. The van der Waals surface area contributed by atoms with E-state index in [4.69, 9.17) is 19.3 Å². The fraction of sp³-hybridized carbons (Fsp3) is 0.543. The van der Waals surface area contributed by atoms with Gasteiger partial charge in [-0.2, -0.15) is 0 Å². The number of carbonyl (C=O) groups is 6. The second kappa shape index (κ2) is 21.9. The minimum Gasteiger partial charge on any atom is -0.444 e. The van der Waals surface area contributed by atoms with E-state index in [0.717, 1.165) is 10.5 Å². The van der Waals surface area contributed by atoms with Gasteiger partial charge in [-0.3, -0.25) is 38.3 Å². The summed E-state index contributed by atoms with van der Waals surface area (Å²) in [5.41, 5.74) is 1.90. The van der Waals surface area contributed by atoms with Crippen molar-refractivity contribution in [2.45, 2.75) is 85.4 Å². The molecule has 1 aromatic carbocycles. The van der Waals surface area contributed by atoms with Crippen LogP contribution in [0.5, 0.6) is 0 Å². The van der Waals surface area contributed by atoms with E-state index in [1.807, 2.05) is 0 Å². The summed E-state index contributed by atoms with van der Waals surface area (Å²) >= 11 is 0. The van der Waals surface area contributed by atoms with Crippen LogP contribution in [0.25, 0.3) is 0 Å². The summed E-state index contributed by atoms with van der Waals surface area (Å²) in [7, 11) is -4.06. The van der Waals surface area contributed by atoms with Crippen LogP contribution in [0.4, 0.5) is 10.5 Å². The topological polar surface area (TPSA) is 221 Å². The largest absolute Gasteiger partial charge is 0.444 e. The van der Waals surface area contributed by atoms with Crippen molar-refractivity contribution in [3.05, 3.63) is 53.6 Å². The highest BCUT2D eigenvalue weighted by atomic mass is 31.2. The van der Waals surface area contributed by atoms with Gasteiger partial charge in [0, 0.05) is 37.3 Å². The van der Waals surface area contributed by atoms with Crippen LogP contribution in [0.1, 0.15) is 72.3 Å². The maximum absolute atomic E-state index is 13.0. The van der Waals surface area contributed by atoms with Gasteiger partial charge in [0.25, 0.3) is 11.8 Å². The number of imide groups is 1. The standard InChI is InChI=1S/C35H52N5O11P/c1-6-39(23-50-21-25(4)11-10-20-52(47,48)49)35(46)51-22-27-13-15-28(16-14-27)37-33(44)26(5)36-34(45)32(24(2)3)38-29(41)12-8-7-9-19-40-30(42)17-18-31(40)43/h11,13-18,24,26,32H,6-10,12,19-23H2,1-5H3,(H,36,45)(H,37,44)(H,38,41)(H2,47,48,49)/b25-11+/t26-,32-/m0/s1. The molecule has 5 N–H and O–H groups in total. The van der Waals surface area contributed by atoms with Crippen molar-refractivity contribution in [3.8, 4) is 0 Å². The van der Waals surface area contributed by atoms with Crippen molar-refractivity contribution in [2.75, 3.05) is 37.9 Å². The van der Waals surface area contributed by atoms with Gasteiger partial charge in [0.2, 0.25) is 17.7 Å². The average Bonchev–Trinajstić information content (AvgIpc) is 3.40. The number of carbonyl (C=O) groups excluding carboxylic acids is 6. The first-order chi connectivity index (χ1) is 24.5. The van der Waals surface area contributed by atoms with Crippen molar-refractivity contribution in [1.29, 1.82) is 0 Å². The molecule has 2 atom stereocenters. The number of nitrogens with zero attached hydrogens (tertiary/aromatic N) is 2. The van der Waals surface area contributed by atoms with Crippen LogP contribution >= 0.6 is 7.60 Å². The molecular formula is C35H52N5O11P. The predicted octanol–water partition coefficient (Wildman–Crippen LogP) is 3.20. The van der Waals surface area contributed by atoms with Gasteiger partial charge in [0.15, 0.2) is 0 Å². The van der Waals surface area contributed by atoms with Crippen LogP contribution in [0.2, 0.25) is 0 Å². The number of nitrogens with one attached hydrogen (secondary N) is 3. The fourth-order valence-corrected chi connectivity index (χ4v) is 5.30. The quantitative estimate of drug-likeness (QED) is 0.0381. The van der Waals surface area contributed by atoms with E-state index in [2.05, 4.69) is 16.0 Å². The normalized spacial score (nSPS) is 14.3. The SMILES string of the molecule is CCN(COC/C(C)=C/CCP(=O)(O)O)C(=O)OCc1ccc(NC(=O)[C@H](C)NC(=O)[C@@H](NC(=O)CCCCCN2C(=O)C=CC2=O)C(C)C)cc1. The Labute approximate surface area is 304 Å². The summed E-state index contributed by atoms with van der Waals surface area (Å²) in [6.07, 6.45) is 5.38. The summed E-state index contributed by atoms with van der Waals surface area (Å²) in [5.74, 6) is -2.23. The number of rotatable bonds is 22. The second-order valence-corrected chi connectivity index (χ2v) is 14.6. The monoisotopic (exact) mass is 749 g/mol. The Bertz CT molecular complexity index is 1490. The Hall–Kier alpha value is -4.37. The Kier molecular flexibility index (Phi) is 18.4. The number of unbranched alkanes of at least 4 members (excludes halogenated alkanes) is 2. The molecule has 0 spiro atoms. The van der Waals surface area contributed by atoms with E-state index in [9.17, 15) is 33.3 Å². The molecule has 0 bridgehead atoms. The summed E-state index contributed by atoms with van der Waals surface area (Å²) < 4.78 is 21.9. The molecule has 0 saturated carbocycles. The number of hydrogen-bond acceptors (Lipinski definition) is 9. The molecular weight excluding hydrogens is 697 g/mol. The third kappa shape index (κ3) is 16.3. The molecule has 1 aliphatic heterocycles. The maximum Gasteiger partial charge on any atom is 0.411 e. The van der Waals surface area contributed by atoms with Crippen molar-refractivity contribution < 1.29 is 52.6 Å². The Morgan fingerprint density at radius 2 is 1.62 bits per heavy atom. The molecule has 17 heteroatoms. The van der Waals surface area contributed by atoms with Gasteiger partial charge in [0.1, 0.15) is 25.4 Å². The van der Waals surface area contributed by atoms with E-state index >= 15 is 0 Å². The minimum absolute atomic E-state index is 0.0298. The van der Waals surface area contributed by atoms with Crippen LogP contribution < -0.4 is 16.0 Å². The summed E-state index contributed by atoms with van der Waals surface area (Å²) in [6, 6.07) is 4.84. The van der Waals surface area contributed by atoms with Gasteiger partial charge in [-0.15, -0.1) is 0 Å². The zero-order valence-corrected chi connectivity index (χ0v) is 31.4. The number of ether oxygens (including phenoxy) is 2. The first-order valence-electron chi connectivity index (χ1n) is 17.2. The van der Waals surface area contributed by atoms with Crippen LogP contribution in [0, 0.1) is 5.92 Å². The molecule has 0 radical (unpaired) electrons. The molecule has 0 aliphatic carbocycles. The van der Waals surface area contributed by atoms with Crippen LogP contribution in [-0.4, -0.2) is 99.9 Å². The molecule has 1 aromatic rings. The molecule has 288 valence electrons. The Morgan fingerprint density at radius 3 is 2.21 bits per heavy atom. The predicted molar refractivity (Wildman–Crippen MR) is 192 cm³/mol. The van der Waals surface area contributed by atoms with Gasteiger partial charge in [-0.05, 0) is 63.6 Å². The van der Waals surface area contributed by atoms with Gasteiger partial charge < -0.3 is 35.2 Å². The molecule has 52 heavy (non-hydrogen) atoms. The number of anilines is 1. The van der Waals surface area contributed by atoms with E-state index in [1.54, 1.807) is 58.0 Å². The lowest BCUT2D eigenvalue weighted by Crippen LogP contribution is -2.53. The summed E-state index contributed by atoms with van der Waals surface area (Å²) in [5, 5.41) is 8.12. The van der Waals surface area contributed by atoms with Crippen LogP contribution in [0.15, 0.2) is 48.1 Å². The zero-order chi connectivity index (χ0) is 38.8. The molecule has 1 aliphatic rings. The third-order valence-corrected chi connectivity index (χ3v) is 8.76. The second-order valence-electron chi connectivity index (χ2n) is 12.8. The highest BCUT2D eigenvalue weighted by Crippen LogP contribution is 2.35. The first kappa shape index (κ1) is 43.8. The van der Waals surface area contributed by atoms with Crippen molar-refractivity contribution in [2.24, 2.45) is 5.92 Å². The highest BCUT2D eigenvalue weighted by Gasteiger charge is 2.27. The average molecular weight is 750 g/mol.